The molecule has 0 amide bonds. The SMILES string of the molecule is COc1ccc(CCN2CCC(Cc3nc4ccncc4n3Cc3ccc(F)cc3)CC2)cc1.O=C(O)C(=O)O.O=C(O)C(=O)O. The number of carboxylic acids is 4. The molecule has 0 spiro atoms. The van der Waals surface area contributed by atoms with Crippen LogP contribution in [0.1, 0.15) is 29.8 Å². The molecule has 1 aliphatic rings. The first-order valence-corrected chi connectivity index (χ1v) is 14.3. The van der Waals surface area contributed by atoms with E-state index >= 15 is 0 Å². The molecular formula is C32H35FN4O9. The van der Waals surface area contributed by atoms with Gasteiger partial charge in [0.05, 0.1) is 24.3 Å². The zero-order valence-electron chi connectivity index (χ0n) is 25.1. The number of halogens is 1. The van der Waals surface area contributed by atoms with E-state index in [1.54, 1.807) is 13.3 Å². The van der Waals surface area contributed by atoms with Crippen LogP contribution in [0.15, 0.2) is 67.0 Å². The van der Waals surface area contributed by atoms with Crippen LogP contribution in [0.4, 0.5) is 4.39 Å². The average molecular weight is 639 g/mol. The highest BCUT2D eigenvalue weighted by molar-refractivity contribution is 6.27. The van der Waals surface area contributed by atoms with Crippen molar-refractivity contribution in [3.63, 3.8) is 0 Å². The number of carbonyl (C=O) groups is 4. The maximum Gasteiger partial charge on any atom is 0.414 e. The first-order chi connectivity index (χ1) is 22.0. The average Bonchev–Trinajstić information content (AvgIpc) is 3.38. The second kappa shape index (κ2) is 17.2. The van der Waals surface area contributed by atoms with E-state index in [2.05, 4.69) is 26.6 Å². The van der Waals surface area contributed by atoms with Crippen molar-refractivity contribution >= 4 is 34.9 Å². The Labute approximate surface area is 263 Å². The molecule has 0 unspecified atom stereocenters. The maximum atomic E-state index is 13.4. The Kier molecular flexibility index (Phi) is 13.1. The van der Waals surface area contributed by atoms with Crippen molar-refractivity contribution < 1.29 is 48.7 Å². The molecule has 3 heterocycles. The topological polar surface area (TPSA) is 192 Å². The van der Waals surface area contributed by atoms with E-state index < -0.39 is 23.9 Å². The summed E-state index contributed by atoms with van der Waals surface area (Å²) in [6.45, 7) is 4.02. The highest BCUT2D eigenvalue weighted by atomic mass is 19.1. The quantitative estimate of drug-likeness (QED) is 0.206. The van der Waals surface area contributed by atoms with Crippen LogP contribution >= 0.6 is 0 Å². The lowest BCUT2D eigenvalue weighted by Crippen LogP contribution is -2.36. The highest BCUT2D eigenvalue weighted by Gasteiger charge is 2.22. The number of aromatic nitrogens is 3. The Bertz CT molecular complexity index is 1570. The minimum absolute atomic E-state index is 0.208. The van der Waals surface area contributed by atoms with Crippen molar-refractivity contribution in [2.24, 2.45) is 5.92 Å². The van der Waals surface area contributed by atoms with E-state index in [1.807, 2.05) is 36.5 Å². The highest BCUT2D eigenvalue weighted by Crippen LogP contribution is 2.25. The van der Waals surface area contributed by atoms with Crippen LogP contribution < -0.4 is 4.74 Å². The summed E-state index contributed by atoms with van der Waals surface area (Å²) < 4.78 is 20.9. The third kappa shape index (κ3) is 11.0. The molecular weight excluding hydrogens is 603 g/mol. The summed E-state index contributed by atoms with van der Waals surface area (Å²) in [5, 5.41) is 29.6. The van der Waals surface area contributed by atoms with Gasteiger partial charge in [0.1, 0.15) is 17.4 Å². The number of fused-ring (bicyclic) bond motifs is 1. The minimum Gasteiger partial charge on any atom is -0.497 e. The van der Waals surface area contributed by atoms with Gasteiger partial charge >= 0.3 is 23.9 Å². The Balaban J connectivity index is 0.000000410. The first-order valence-electron chi connectivity index (χ1n) is 14.3. The van der Waals surface area contributed by atoms with Gasteiger partial charge in [0.2, 0.25) is 0 Å². The second-order valence-corrected chi connectivity index (χ2v) is 10.4. The molecule has 1 fully saturated rings. The zero-order chi connectivity index (χ0) is 33.6. The number of rotatable bonds is 8. The molecule has 0 bridgehead atoms. The van der Waals surface area contributed by atoms with Crippen LogP contribution in [0.25, 0.3) is 11.0 Å². The number of nitrogens with zero attached hydrogens (tertiary/aromatic N) is 4. The van der Waals surface area contributed by atoms with Gasteiger partial charge in [-0.2, -0.15) is 0 Å². The molecule has 4 aromatic rings. The molecule has 0 saturated carbocycles. The Hall–Kier alpha value is -5.37. The lowest BCUT2D eigenvalue weighted by molar-refractivity contribution is -0.159. The number of hydrogen-bond donors (Lipinski definition) is 4. The fourth-order valence-electron chi connectivity index (χ4n) is 4.88. The van der Waals surface area contributed by atoms with E-state index in [9.17, 15) is 4.39 Å². The van der Waals surface area contributed by atoms with Crippen molar-refractivity contribution in [1.29, 1.82) is 0 Å². The molecule has 4 N–H and O–H groups in total. The maximum absolute atomic E-state index is 13.4. The number of methoxy groups -OCH3 is 1. The van der Waals surface area contributed by atoms with Gasteiger partial charge in [-0.15, -0.1) is 0 Å². The molecule has 0 radical (unpaired) electrons. The zero-order valence-corrected chi connectivity index (χ0v) is 25.1. The van der Waals surface area contributed by atoms with E-state index in [0.717, 1.165) is 60.6 Å². The van der Waals surface area contributed by atoms with Crippen LogP contribution in [0, 0.1) is 11.7 Å². The van der Waals surface area contributed by atoms with E-state index in [4.69, 9.17) is 49.3 Å². The molecule has 14 heteroatoms. The molecule has 2 aromatic carbocycles. The van der Waals surface area contributed by atoms with Crippen LogP contribution in [0.3, 0.4) is 0 Å². The summed E-state index contributed by atoms with van der Waals surface area (Å²) in [4.78, 5) is 48.2. The molecule has 1 aliphatic heterocycles. The number of ether oxygens (including phenoxy) is 1. The molecule has 0 aliphatic carbocycles. The summed E-state index contributed by atoms with van der Waals surface area (Å²) in [5.74, 6) is -4.88. The van der Waals surface area contributed by atoms with Crippen LogP contribution in [0.2, 0.25) is 0 Å². The lowest BCUT2D eigenvalue weighted by Gasteiger charge is -2.32. The summed E-state index contributed by atoms with van der Waals surface area (Å²) in [6.07, 6.45) is 8.07. The molecule has 2 aromatic heterocycles. The summed E-state index contributed by atoms with van der Waals surface area (Å²) >= 11 is 0. The molecule has 1 saturated heterocycles. The normalized spacial score (nSPS) is 13.1. The van der Waals surface area contributed by atoms with Crippen LogP contribution in [-0.2, 0) is 38.6 Å². The standard InChI is InChI=1S/C28H31FN4O.2C2H2O4/c1-34-25-8-4-21(5-9-25)11-15-32-16-12-22(13-17-32)18-28-31-26-10-14-30-19-27(26)33(28)20-23-2-6-24(29)7-3-23;2*3-1(4)2(5)6/h2-10,14,19,22H,11-13,15-18,20H2,1H3;2*(H,3,4)(H,5,6). The van der Waals surface area contributed by atoms with Gasteiger partial charge in [0.25, 0.3) is 0 Å². The number of likely N-dealkylation sites (tertiary alicyclic amines) is 1. The predicted molar refractivity (Wildman–Crippen MR) is 163 cm³/mol. The molecule has 244 valence electrons. The summed E-state index contributed by atoms with van der Waals surface area (Å²) in [7, 11) is 1.70. The van der Waals surface area contributed by atoms with Gasteiger partial charge in [0, 0.05) is 25.7 Å². The largest absolute Gasteiger partial charge is 0.497 e. The number of imidazole rings is 1. The smallest absolute Gasteiger partial charge is 0.414 e. The first kappa shape index (κ1) is 35.1. The van der Waals surface area contributed by atoms with Crippen molar-refractivity contribution in [3.05, 3.63) is 89.8 Å². The number of pyridine rings is 1. The van der Waals surface area contributed by atoms with Gasteiger partial charge < -0.3 is 34.6 Å². The van der Waals surface area contributed by atoms with Gasteiger partial charge in [0.15, 0.2) is 0 Å². The third-order valence-corrected chi connectivity index (χ3v) is 7.30. The van der Waals surface area contributed by atoms with Gasteiger partial charge in [-0.3, -0.25) is 4.98 Å². The number of benzene rings is 2. The molecule has 5 rings (SSSR count). The van der Waals surface area contributed by atoms with E-state index in [0.29, 0.717) is 12.5 Å². The van der Waals surface area contributed by atoms with Crippen molar-refractivity contribution in [2.75, 3.05) is 26.7 Å². The predicted octanol–water partition coefficient (Wildman–Crippen LogP) is 3.44. The minimum atomic E-state index is -1.82. The van der Waals surface area contributed by atoms with Crippen molar-refractivity contribution in [2.45, 2.75) is 32.2 Å². The molecule has 46 heavy (non-hydrogen) atoms. The fourth-order valence-corrected chi connectivity index (χ4v) is 4.88. The van der Waals surface area contributed by atoms with Gasteiger partial charge in [-0.05, 0) is 79.7 Å². The van der Waals surface area contributed by atoms with Crippen molar-refractivity contribution in [3.8, 4) is 5.75 Å². The monoisotopic (exact) mass is 638 g/mol. The Morgan fingerprint density at radius 2 is 1.41 bits per heavy atom. The number of aliphatic carboxylic acids is 4. The lowest BCUT2D eigenvalue weighted by atomic mass is 9.93. The van der Waals surface area contributed by atoms with Gasteiger partial charge in [-0.1, -0.05) is 24.3 Å². The van der Waals surface area contributed by atoms with Gasteiger partial charge in [-0.25, -0.2) is 28.6 Å². The van der Waals surface area contributed by atoms with Crippen LogP contribution in [0.5, 0.6) is 5.75 Å². The Morgan fingerprint density at radius 1 is 0.848 bits per heavy atom. The summed E-state index contributed by atoms with van der Waals surface area (Å²) in [6, 6.07) is 17.1. The number of piperidine rings is 1. The number of hydrogen-bond acceptors (Lipinski definition) is 8. The molecule has 0 atom stereocenters. The fraction of sp³-hybridized carbons (Fsp3) is 0.312. The number of carboxylic acid groups (broad SMARTS) is 4. The van der Waals surface area contributed by atoms with Crippen LogP contribution in [-0.4, -0.2) is 90.5 Å². The molecule has 13 nitrogen and oxygen atoms in total. The van der Waals surface area contributed by atoms with E-state index in [1.165, 1.54) is 30.5 Å². The van der Waals surface area contributed by atoms with E-state index in [-0.39, 0.29) is 5.82 Å². The third-order valence-electron chi connectivity index (χ3n) is 7.30. The second-order valence-electron chi connectivity index (χ2n) is 10.4. The van der Waals surface area contributed by atoms with Crippen molar-refractivity contribution in [1.82, 2.24) is 19.4 Å². The Morgan fingerprint density at radius 3 is 1.96 bits per heavy atom. The summed E-state index contributed by atoms with van der Waals surface area (Å²) in [5.41, 5.74) is 4.44.